The summed E-state index contributed by atoms with van der Waals surface area (Å²) in [6.45, 7) is 4.14. The lowest BCUT2D eigenvalue weighted by Gasteiger charge is -2.09. The molecule has 0 aromatic carbocycles. The van der Waals surface area contributed by atoms with Gasteiger partial charge in [0.25, 0.3) is 0 Å². The van der Waals surface area contributed by atoms with E-state index in [9.17, 15) is 0 Å². The predicted molar refractivity (Wildman–Crippen MR) is 54.7 cm³/mol. The highest BCUT2D eigenvalue weighted by Crippen LogP contribution is 2.07. The summed E-state index contributed by atoms with van der Waals surface area (Å²) >= 11 is 0. The van der Waals surface area contributed by atoms with Gasteiger partial charge in [-0.3, -0.25) is 15.6 Å². The molecule has 0 aromatic heterocycles. The van der Waals surface area contributed by atoms with Gasteiger partial charge in [0.15, 0.2) is 6.29 Å². The van der Waals surface area contributed by atoms with E-state index in [0.29, 0.717) is 0 Å². The molecule has 2 N–H and O–H groups in total. The second-order valence-corrected chi connectivity index (χ2v) is 3.42. The van der Waals surface area contributed by atoms with Crippen molar-refractivity contribution >= 4 is 5.71 Å². The molecule has 70 valence electrons. The zero-order valence-electron chi connectivity index (χ0n) is 7.88. The third-order valence-corrected chi connectivity index (χ3v) is 2.27. The van der Waals surface area contributed by atoms with Gasteiger partial charge in [-0.05, 0) is 13.0 Å². The van der Waals surface area contributed by atoms with E-state index >= 15 is 0 Å². The minimum atomic E-state index is 0.131. The van der Waals surface area contributed by atoms with E-state index in [4.69, 9.17) is 0 Å². The molecule has 1 saturated heterocycles. The van der Waals surface area contributed by atoms with Gasteiger partial charge in [0.05, 0.1) is 0 Å². The van der Waals surface area contributed by atoms with Crippen molar-refractivity contribution in [1.82, 2.24) is 10.6 Å². The van der Waals surface area contributed by atoms with Crippen LogP contribution in [0, 0.1) is 0 Å². The van der Waals surface area contributed by atoms with Crippen molar-refractivity contribution in [3.8, 4) is 0 Å². The summed E-state index contributed by atoms with van der Waals surface area (Å²) in [7, 11) is 0. The van der Waals surface area contributed by atoms with Crippen LogP contribution in [0.5, 0.6) is 0 Å². The molecule has 0 radical (unpaired) electrons. The zero-order valence-corrected chi connectivity index (χ0v) is 7.88. The summed E-state index contributed by atoms with van der Waals surface area (Å²) < 4.78 is 0. The number of nitrogens with zero attached hydrogens (tertiary/aromatic N) is 1. The zero-order chi connectivity index (χ0) is 9.10. The van der Waals surface area contributed by atoms with Gasteiger partial charge in [-0.1, -0.05) is 17.7 Å². The molecule has 0 atom stereocenters. The maximum absolute atomic E-state index is 4.53. The molecular weight excluding hydrogens is 162 g/mol. The van der Waals surface area contributed by atoms with Crippen LogP contribution in [0.3, 0.4) is 0 Å². The molecule has 0 saturated carbocycles. The van der Waals surface area contributed by atoms with Crippen LogP contribution in [0.2, 0.25) is 0 Å². The minimum absolute atomic E-state index is 0.131. The molecule has 3 heteroatoms. The van der Waals surface area contributed by atoms with E-state index in [1.54, 1.807) is 0 Å². The van der Waals surface area contributed by atoms with E-state index in [0.717, 1.165) is 25.2 Å². The monoisotopic (exact) mass is 177 g/mol. The van der Waals surface area contributed by atoms with Crippen molar-refractivity contribution in [1.29, 1.82) is 0 Å². The van der Waals surface area contributed by atoms with Crippen LogP contribution >= 0.6 is 0 Å². The Morgan fingerprint density at radius 1 is 1.31 bits per heavy atom. The molecule has 1 fully saturated rings. The van der Waals surface area contributed by atoms with E-state index in [2.05, 4.69) is 40.8 Å². The first-order valence-electron chi connectivity index (χ1n) is 4.73. The van der Waals surface area contributed by atoms with Crippen LogP contribution < -0.4 is 10.6 Å². The molecule has 13 heavy (non-hydrogen) atoms. The van der Waals surface area contributed by atoms with E-state index < -0.39 is 0 Å². The summed E-state index contributed by atoms with van der Waals surface area (Å²) in [4.78, 5) is 4.53. The number of nitrogens with one attached hydrogen (secondary N) is 2. The quantitative estimate of drug-likeness (QED) is 0.622. The Morgan fingerprint density at radius 3 is 2.69 bits per heavy atom. The fraction of sp³-hybridized carbons (Fsp3) is 0.500. The fourth-order valence-corrected chi connectivity index (χ4v) is 1.47. The van der Waals surface area contributed by atoms with Gasteiger partial charge in [0, 0.05) is 25.2 Å². The van der Waals surface area contributed by atoms with Gasteiger partial charge >= 0.3 is 0 Å². The second-order valence-electron chi connectivity index (χ2n) is 3.42. The standard InChI is InChI=1S/C10H15N3/c1-8-2-4-9(5-3-8)13-10-11-6-7-12-10/h2-4,10-12H,5-7H2,1H3. The Kier molecular flexibility index (Phi) is 2.57. The third kappa shape index (κ3) is 2.26. The van der Waals surface area contributed by atoms with Crippen molar-refractivity contribution in [3.05, 3.63) is 23.8 Å². The van der Waals surface area contributed by atoms with Crippen LogP contribution in [-0.4, -0.2) is 25.1 Å². The molecule has 0 bridgehead atoms. The Bertz CT molecular complexity index is 270. The van der Waals surface area contributed by atoms with Crippen molar-refractivity contribution < 1.29 is 0 Å². The highest BCUT2D eigenvalue weighted by atomic mass is 15.3. The lowest BCUT2D eigenvalue weighted by Crippen LogP contribution is -2.29. The second kappa shape index (κ2) is 3.85. The molecule has 1 aliphatic carbocycles. The third-order valence-electron chi connectivity index (χ3n) is 2.27. The first-order chi connectivity index (χ1) is 6.34. The average molecular weight is 177 g/mol. The average Bonchev–Trinajstić information content (AvgIpc) is 2.62. The lowest BCUT2D eigenvalue weighted by molar-refractivity contribution is 0.580. The van der Waals surface area contributed by atoms with Crippen LogP contribution in [0.4, 0.5) is 0 Å². The first-order valence-corrected chi connectivity index (χ1v) is 4.73. The predicted octanol–water partition coefficient (Wildman–Crippen LogP) is 0.810. The van der Waals surface area contributed by atoms with Gasteiger partial charge < -0.3 is 0 Å². The molecule has 2 aliphatic rings. The summed E-state index contributed by atoms with van der Waals surface area (Å²) in [5.41, 5.74) is 2.48. The van der Waals surface area contributed by atoms with Gasteiger partial charge in [-0.2, -0.15) is 0 Å². The Hall–Kier alpha value is -0.930. The maximum Gasteiger partial charge on any atom is 0.153 e. The van der Waals surface area contributed by atoms with Gasteiger partial charge in [0.1, 0.15) is 0 Å². The Labute approximate surface area is 78.6 Å². The molecule has 0 amide bonds. The van der Waals surface area contributed by atoms with Gasteiger partial charge in [0.2, 0.25) is 0 Å². The maximum atomic E-state index is 4.53. The number of hydrogen-bond acceptors (Lipinski definition) is 3. The van der Waals surface area contributed by atoms with Crippen molar-refractivity contribution in [2.45, 2.75) is 19.6 Å². The van der Waals surface area contributed by atoms with Crippen LogP contribution in [-0.2, 0) is 0 Å². The topological polar surface area (TPSA) is 36.4 Å². The number of aliphatic imine (C=N–C) groups is 1. The SMILES string of the molecule is CC1=CCC(=NC2NCCN2)C=C1. The molecule has 2 rings (SSSR count). The molecule has 1 heterocycles. The molecule has 1 aliphatic heterocycles. The molecule has 0 aromatic rings. The van der Waals surface area contributed by atoms with Crippen molar-refractivity contribution in [2.24, 2.45) is 4.99 Å². The number of allylic oxidation sites excluding steroid dienone is 4. The minimum Gasteiger partial charge on any atom is -0.282 e. The van der Waals surface area contributed by atoms with Crippen LogP contribution in [0.15, 0.2) is 28.8 Å². The highest BCUT2D eigenvalue weighted by Gasteiger charge is 2.11. The summed E-state index contributed by atoms with van der Waals surface area (Å²) in [6, 6.07) is 0. The van der Waals surface area contributed by atoms with E-state index in [-0.39, 0.29) is 6.29 Å². The lowest BCUT2D eigenvalue weighted by atomic mass is 10.1. The Balaban J connectivity index is 1.98. The fourth-order valence-electron chi connectivity index (χ4n) is 1.47. The van der Waals surface area contributed by atoms with E-state index in [1.807, 2.05) is 0 Å². The largest absolute Gasteiger partial charge is 0.282 e. The molecular formula is C10H15N3. The molecule has 0 spiro atoms. The highest BCUT2D eigenvalue weighted by molar-refractivity contribution is 5.97. The smallest absolute Gasteiger partial charge is 0.153 e. The Morgan fingerprint density at radius 2 is 2.08 bits per heavy atom. The van der Waals surface area contributed by atoms with Crippen molar-refractivity contribution in [3.63, 3.8) is 0 Å². The van der Waals surface area contributed by atoms with Crippen molar-refractivity contribution in [2.75, 3.05) is 13.1 Å². The first kappa shape index (κ1) is 8.66. The summed E-state index contributed by atoms with van der Waals surface area (Å²) in [5.74, 6) is 0. The molecule has 3 nitrogen and oxygen atoms in total. The molecule has 0 unspecified atom stereocenters. The number of hydrogen-bond donors (Lipinski definition) is 2. The normalized spacial score (nSPS) is 26.8. The van der Waals surface area contributed by atoms with Crippen LogP contribution in [0.1, 0.15) is 13.3 Å². The summed E-state index contributed by atoms with van der Waals surface area (Å²) in [5, 5.41) is 6.52. The number of rotatable bonds is 1. The van der Waals surface area contributed by atoms with Crippen LogP contribution in [0.25, 0.3) is 0 Å². The van der Waals surface area contributed by atoms with Gasteiger partial charge in [-0.15, -0.1) is 0 Å². The van der Waals surface area contributed by atoms with Gasteiger partial charge in [-0.25, -0.2) is 0 Å². The summed E-state index contributed by atoms with van der Waals surface area (Å²) in [6.07, 6.45) is 7.50. The van der Waals surface area contributed by atoms with E-state index in [1.165, 1.54) is 5.57 Å².